The fourth-order valence-corrected chi connectivity index (χ4v) is 5.96. The van der Waals surface area contributed by atoms with E-state index in [1.54, 1.807) is 6.20 Å². The molecule has 4 heterocycles. The van der Waals surface area contributed by atoms with Gasteiger partial charge in [-0.1, -0.05) is 6.92 Å². The van der Waals surface area contributed by atoms with E-state index in [4.69, 9.17) is 4.98 Å². The second-order valence-electron chi connectivity index (χ2n) is 6.88. The molecule has 3 atom stereocenters. The Morgan fingerprint density at radius 1 is 1.36 bits per heavy atom. The van der Waals surface area contributed by atoms with Crippen LogP contribution < -0.4 is 10.2 Å². The van der Waals surface area contributed by atoms with Gasteiger partial charge in [0.05, 0.1) is 16.7 Å². The van der Waals surface area contributed by atoms with Gasteiger partial charge in [0.15, 0.2) is 9.84 Å². The van der Waals surface area contributed by atoms with Gasteiger partial charge >= 0.3 is 0 Å². The summed E-state index contributed by atoms with van der Waals surface area (Å²) in [5, 5.41) is 2.90. The maximum atomic E-state index is 12.3. The van der Waals surface area contributed by atoms with E-state index in [1.807, 2.05) is 0 Å². The van der Waals surface area contributed by atoms with Crippen molar-refractivity contribution in [3.63, 3.8) is 0 Å². The molecule has 7 heteroatoms. The summed E-state index contributed by atoms with van der Waals surface area (Å²) in [5.41, 5.74) is 1.74. The van der Waals surface area contributed by atoms with E-state index in [2.05, 4.69) is 22.1 Å². The molecular formula is C15H22N4O2S. The first-order chi connectivity index (χ1) is 10.5. The number of sulfone groups is 1. The van der Waals surface area contributed by atoms with Gasteiger partial charge in [0.25, 0.3) is 0 Å². The second kappa shape index (κ2) is 5.16. The zero-order chi connectivity index (χ0) is 15.3. The molecule has 0 saturated carbocycles. The van der Waals surface area contributed by atoms with Gasteiger partial charge in [0.1, 0.15) is 0 Å². The van der Waals surface area contributed by atoms with Gasteiger partial charge in [-0.15, -0.1) is 0 Å². The summed E-state index contributed by atoms with van der Waals surface area (Å²) in [4.78, 5) is 11.5. The van der Waals surface area contributed by atoms with Crippen LogP contribution >= 0.6 is 0 Å². The van der Waals surface area contributed by atoms with Crippen LogP contribution in [0.4, 0.5) is 5.95 Å². The van der Waals surface area contributed by atoms with E-state index in [0.717, 1.165) is 30.3 Å². The molecule has 0 amide bonds. The maximum absolute atomic E-state index is 12.3. The van der Waals surface area contributed by atoms with Gasteiger partial charge in [0.2, 0.25) is 5.95 Å². The molecule has 0 aromatic carbocycles. The molecule has 1 aromatic rings. The minimum atomic E-state index is -3.08. The molecule has 120 valence electrons. The van der Waals surface area contributed by atoms with Gasteiger partial charge in [-0.3, -0.25) is 0 Å². The lowest BCUT2D eigenvalue weighted by Crippen LogP contribution is -2.38. The lowest BCUT2D eigenvalue weighted by Gasteiger charge is -2.32. The average molecular weight is 322 g/mol. The van der Waals surface area contributed by atoms with Gasteiger partial charge < -0.3 is 10.2 Å². The third kappa shape index (κ3) is 2.31. The van der Waals surface area contributed by atoms with E-state index in [-0.39, 0.29) is 16.9 Å². The summed E-state index contributed by atoms with van der Waals surface area (Å²) in [6.45, 7) is 5.49. The van der Waals surface area contributed by atoms with Crippen LogP contribution in [0.2, 0.25) is 0 Å². The maximum Gasteiger partial charge on any atom is 0.225 e. The quantitative estimate of drug-likeness (QED) is 0.820. The smallest absolute Gasteiger partial charge is 0.225 e. The van der Waals surface area contributed by atoms with E-state index in [0.29, 0.717) is 19.0 Å². The number of piperidine rings is 1. The number of hydrogen-bond acceptors (Lipinski definition) is 6. The monoisotopic (exact) mass is 322 g/mol. The molecule has 0 unspecified atom stereocenters. The first kappa shape index (κ1) is 14.4. The van der Waals surface area contributed by atoms with Crippen LogP contribution in [0, 0.1) is 5.92 Å². The molecule has 2 saturated heterocycles. The number of rotatable bonds is 1. The van der Waals surface area contributed by atoms with Crippen molar-refractivity contribution in [1.82, 2.24) is 15.3 Å². The lowest BCUT2D eigenvalue weighted by molar-refractivity contribution is 0.441. The topological polar surface area (TPSA) is 75.2 Å². The molecule has 0 aliphatic carbocycles. The molecule has 1 N–H and O–H groups in total. The second-order valence-corrected chi connectivity index (χ2v) is 9.10. The van der Waals surface area contributed by atoms with Crippen molar-refractivity contribution in [3.05, 3.63) is 17.5 Å². The van der Waals surface area contributed by atoms with Crippen molar-refractivity contribution in [2.45, 2.75) is 36.7 Å². The zero-order valence-electron chi connectivity index (χ0n) is 12.8. The van der Waals surface area contributed by atoms with E-state index in [1.165, 1.54) is 12.8 Å². The van der Waals surface area contributed by atoms with Crippen molar-refractivity contribution in [2.24, 2.45) is 5.92 Å². The normalized spacial score (nSPS) is 33.3. The number of hydrogen-bond donors (Lipinski definition) is 1. The highest BCUT2D eigenvalue weighted by atomic mass is 32.2. The van der Waals surface area contributed by atoms with Crippen LogP contribution in [0.15, 0.2) is 6.20 Å². The Morgan fingerprint density at radius 2 is 2.23 bits per heavy atom. The number of nitrogens with one attached hydrogen (secondary N) is 1. The van der Waals surface area contributed by atoms with Gasteiger partial charge in [-0.2, -0.15) is 0 Å². The molecule has 3 aliphatic rings. The predicted octanol–water partition coefficient (Wildman–Crippen LogP) is 0.697. The lowest BCUT2D eigenvalue weighted by atomic mass is 9.99. The number of fused-ring (bicyclic) bond motifs is 3. The third-order valence-electron chi connectivity index (χ3n) is 5.15. The standard InChI is InChI=1S/C15H22N4O2S/c1-10-3-2-4-19(8-10)15-17-5-11-9-22(20,21)13-7-16-6-12(13)14(11)18-15/h5,10,12-13,16H,2-4,6-9H2,1H3/t10-,12-,13+/m0/s1. The first-order valence-corrected chi connectivity index (χ1v) is 9.79. The summed E-state index contributed by atoms with van der Waals surface area (Å²) < 4.78 is 24.7. The van der Waals surface area contributed by atoms with Crippen LogP contribution in [0.5, 0.6) is 0 Å². The highest BCUT2D eigenvalue weighted by Gasteiger charge is 2.44. The molecule has 22 heavy (non-hydrogen) atoms. The van der Waals surface area contributed by atoms with E-state index < -0.39 is 9.84 Å². The number of anilines is 1. The van der Waals surface area contributed by atoms with Crippen LogP contribution in [-0.2, 0) is 15.6 Å². The van der Waals surface area contributed by atoms with Gasteiger partial charge in [-0.05, 0) is 18.8 Å². The summed E-state index contributed by atoms with van der Waals surface area (Å²) in [7, 11) is -3.08. The van der Waals surface area contributed by atoms with Crippen LogP contribution in [0.1, 0.15) is 36.9 Å². The fourth-order valence-electron chi connectivity index (χ4n) is 3.99. The first-order valence-electron chi connectivity index (χ1n) is 8.07. The Morgan fingerprint density at radius 3 is 3.05 bits per heavy atom. The predicted molar refractivity (Wildman–Crippen MR) is 84.7 cm³/mol. The molecule has 1 aromatic heterocycles. The molecule has 0 radical (unpaired) electrons. The van der Waals surface area contributed by atoms with Crippen molar-refractivity contribution in [2.75, 3.05) is 31.1 Å². The highest BCUT2D eigenvalue weighted by Crippen LogP contribution is 2.36. The average Bonchev–Trinajstić information content (AvgIpc) is 2.97. The number of nitrogens with zero attached hydrogens (tertiary/aromatic N) is 3. The van der Waals surface area contributed by atoms with Crippen LogP contribution in [0.25, 0.3) is 0 Å². The molecular weight excluding hydrogens is 300 g/mol. The molecule has 6 nitrogen and oxygen atoms in total. The SMILES string of the molecule is C[C@H]1CCCN(c2ncc3c(n2)[C@H]2CNC[C@H]2S(=O)(=O)C3)C1. The molecule has 2 fully saturated rings. The summed E-state index contributed by atoms with van der Waals surface area (Å²) in [5.74, 6) is 1.50. The van der Waals surface area contributed by atoms with Gasteiger partial charge in [-0.25, -0.2) is 18.4 Å². The minimum absolute atomic E-state index is 0.0160. The van der Waals surface area contributed by atoms with Crippen molar-refractivity contribution in [1.29, 1.82) is 0 Å². The molecule has 0 bridgehead atoms. The highest BCUT2D eigenvalue weighted by molar-refractivity contribution is 7.91. The van der Waals surface area contributed by atoms with Crippen molar-refractivity contribution >= 4 is 15.8 Å². The zero-order valence-corrected chi connectivity index (χ0v) is 13.6. The minimum Gasteiger partial charge on any atom is -0.341 e. The summed E-state index contributed by atoms with van der Waals surface area (Å²) in [6.07, 6.45) is 4.17. The largest absolute Gasteiger partial charge is 0.341 e. The van der Waals surface area contributed by atoms with Crippen LogP contribution in [0.3, 0.4) is 0 Å². The Hall–Kier alpha value is -1.21. The molecule has 0 spiro atoms. The summed E-state index contributed by atoms with van der Waals surface area (Å²) in [6, 6.07) is 0. The van der Waals surface area contributed by atoms with Crippen molar-refractivity contribution in [3.8, 4) is 0 Å². The Bertz CT molecular complexity index is 691. The fraction of sp³-hybridized carbons (Fsp3) is 0.733. The third-order valence-corrected chi connectivity index (χ3v) is 7.28. The summed E-state index contributed by atoms with van der Waals surface area (Å²) >= 11 is 0. The van der Waals surface area contributed by atoms with E-state index >= 15 is 0 Å². The Kier molecular flexibility index (Phi) is 3.38. The van der Waals surface area contributed by atoms with Crippen molar-refractivity contribution < 1.29 is 8.42 Å². The molecule has 4 rings (SSSR count). The van der Waals surface area contributed by atoms with Crippen LogP contribution in [-0.4, -0.2) is 49.8 Å². The molecule has 3 aliphatic heterocycles. The Labute approximate surface area is 131 Å². The van der Waals surface area contributed by atoms with Gasteiger partial charge in [0, 0.05) is 43.9 Å². The van der Waals surface area contributed by atoms with E-state index in [9.17, 15) is 8.42 Å². The Balaban J connectivity index is 1.71. The number of aromatic nitrogens is 2.